The van der Waals surface area contributed by atoms with Crippen LogP contribution < -0.4 is 5.73 Å². The van der Waals surface area contributed by atoms with Crippen molar-refractivity contribution in [3.63, 3.8) is 0 Å². The van der Waals surface area contributed by atoms with Crippen molar-refractivity contribution in [2.45, 2.75) is 0 Å². The van der Waals surface area contributed by atoms with Crippen LogP contribution >= 0.6 is 12.8 Å². The van der Waals surface area contributed by atoms with Gasteiger partial charge in [0.2, 0.25) is 0 Å². The molecule has 2 aromatic rings. The van der Waals surface area contributed by atoms with Crippen LogP contribution in [-0.4, -0.2) is 24.6 Å². The molecule has 6 nitrogen and oxygen atoms in total. The first-order valence-corrected chi connectivity index (χ1v) is 3.49. The molecule has 0 amide bonds. The van der Waals surface area contributed by atoms with Crippen LogP contribution in [0, 0.1) is 0 Å². The van der Waals surface area contributed by atoms with E-state index in [9.17, 15) is 0 Å². The normalized spacial score (nSPS) is 8.75. The highest BCUT2D eigenvalue weighted by molar-refractivity contribution is 7.78. The van der Waals surface area contributed by atoms with Crippen LogP contribution in [-0.2, 0) is 0 Å². The number of nitrogens with one attached hydrogen (secondary N) is 1. The zero-order valence-corrected chi connectivity index (χ0v) is 7.02. The molecule has 12 heavy (non-hydrogen) atoms. The highest BCUT2D eigenvalue weighted by atomic mass is 32.1. The Bertz CT molecular complexity index is 255. The molecule has 0 aliphatic heterocycles. The topological polar surface area (TPSA) is 85.4 Å². The molecular weight excluding hydrogens is 176 g/mol. The molecule has 2 heterocycles. The lowest BCUT2D eigenvalue weighted by molar-refractivity contribution is 0.897. The van der Waals surface area contributed by atoms with E-state index in [-0.39, 0.29) is 0 Å². The number of hydrogen-bond acceptors (Lipinski definition) is 5. The number of thiol groups is 1. The van der Waals surface area contributed by atoms with Crippen molar-refractivity contribution in [2.24, 2.45) is 0 Å². The number of hydrogen-bond donors (Lipinski definition) is 3. The van der Waals surface area contributed by atoms with Crippen molar-refractivity contribution in [1.29, 1.82) is 0 Å². The lowest BCUT2D eigenvalue weighted by Crippen LogP contribution is -1.81. The minimum absolute atomic E-state index is 0.606. The molecule has 0 atom stereocenters. The summed E-state index contributed by atoms with van der Waals surface area (Å²) in [4.78, 5) is 0. The molecule has 2 rings (SSSR count). The van der Waals surface area contributed by atoms with Gasteiger partial charge >= 0.3 is 0 Å². The lowest BCUT2D eigenvalue weighted by atomic mass is 10.7. The third kappa shape index (κ3) is 3.06. The number of H-pyrrole nitrogens is 1. The predicted octanol–water partition coefficient (Wildman–Crippen LogP) is -0.0371. The Labute approximate surface area is 74.3 Å². The standard InChI is InChI=1S/C3H5N3.C2H3N3S/c4-3-1-2-5-6-3;6-5-2-1-3-4-5/h1-2H,(H3,4,5,6);1-2,6H. The van der Waals surface area contributed by atoms with Gasteiger partial charge in [-0.3, -0.25) is 5.10 Å². The summed E-state index contributed by atoms with van der Waals surface area (Å²) in [6.45, 7) is 0. The van der Waals surface area contributed by atoms with Crippen molar-refractivity contribution in [3.05, 3.63) is 24.7 Å². The van der Waals surface area contributed by atoms with Gasteiger partial charge in [-0.1, -0.05) is 5.21 Å². The second-order valence-electron chi connectivity index (χ2n) is 1.84. The SMILES string of the molecule is Nc1ccn[nH]1.Sn1ccnn1. The maximum absolute atomic E-state index is 5.16. The summed E-state index contributed by atoms with van der Waals surface area (Å²) in [5.41, 5.74) is 5.16. The summed E-state index contributed by atoms with van der Waals surface area (Å²) in [6.07, 6.45) is 4.81. The number of anilines is 1. The molecule has 2 aromatic heterocycles. The summed E-state index contributed by atoms with van der Waals surface area (Å²) in [6, 6.07) is 1.69. The van der Waals surface area contributed by atoms with Crippen LogP contribution in [0.25, 0.3) is 0 Å². The third-order valence-corrected chi connectivity index (χ3v) is 1.15. The summed E-state index contributed by atoms with van der Waals surface area (Å²) in [5.74, 6) is 0.606. The average Bonchev–Trinajstić information content (AvgIpc) is 2.63. The molecule has 0 radical (unpaired) electrons. The minimum atomic E-state index is 0.606. The second-order valence-corrected chi connectivity index (χ2v) is 2.25. The molecule has 0 aromatic carbocycles. The average molecular weight is 184 g/mol. The molecular formula is C5H8N6S. The van der Waals surface area contributed by atoms with Gasteiger partial charge in [-0.25, -0.2) is 0 Å². The maximum atomic E-state index is 5.16. The van der Waals surface area contributed by atoms with Gasteiger partial charge in [0.25, 0.3) is 0 Å². The molecule has 0 aliphatic rings. The Morgan fingerprint density at radius 1 is 1.50 bits per heavy atom. The predicted molar refractivity (Wildman–Crippen MR) is 47.4 cm³/mol. The Hall–Kier alpha value is -1.50. The molecule has 0 aliphatic carbocycles. The van der Waals surface area contributed by atoms with E-state index in [4.69, 9.17) is 5.73 Å². The van der Waals surface area contributed by atoms with E-state index in [1.54, 1.807) is 24.7 Å². The minimum Gasteiger partial charge on any atom is -0.384 e. The number of nitrogens with zero attached hydrogens (tertiary/aromatic N) is 4. The van der Waals surface area contributed by atoms with Crippen molar-refractivity contribution >= 4 is 18.6 Å². The molecule has 0 fully saturated rings. The Balaban J connectivity index is 0.000000120. The van der Waals surface area contributed by atoms with Gasteiger partial charge in [0.15, 0.2) is 0 Å². The molecule has 0 saturated heterocycles. The number of aromatic nitrogens is 5. The van der Waals surface area contributed by atoms with E-state index in [0.717, 1.165) is 0 Å². The smallest absolute Gasteiger partial charge is 0.118 e. The van der Waals surface area contributed by atoms with Gasteiger partial charge in [0.1, 0.15) is 5.82 Å². The lowest BCUT2D eigenvalue weighted by Gasteiger charge is -1.72. The number of nitrogens with two attached hydrogens (primary N) is 1. The summed E-state index contributed by atoms with van der Waals surface area (Å²) in [5, 5.41) is 13.0. The van der Waals surface area contributed by atoms with Crippen LogP contribution in [0.1, 0.15) is 0 Å². The fourth-order valence-electron chi connectivity index (χ4n) is 0.469. The maximum Gasteiger partial charge on any atom is 0.118 e. The number of aromatic amines is 1. The van der Waals surface area contributed by atoms with Crippen LogP contribution in [0.2, 0.25) is 0 Å². The largest absolute Gasteiger partial charge is 0.384 e. The second kappa shape index (κ2) is 4.39. The summed E-state index contributed by atoms with van der Waals surface area (Å²) in [7, 11) is 0. The highest BCUT2D eigenvalue weighted by Gasteiger charge is 1.74. The van der Waals surface area contributed by atoms with Gasteiger partial charge in [-0.2, -0.15) is 9.19 Å². The molecule has 64 valence electrons. The van der Waals surface area contributed by atoms with E-state index >= 15 is 0 Å². The van der Waals surface area contributed by atoms with Crippen LogP contribution in [0.15, 0.2) is 24.7 Å². The summed E-state index contributed by atoms with van der Waals surface area (Å²) >= 11 is 3.78. The van der Waals surface area contributed by atoms with Gasteiger partial charge in [-0.15, -0.1) is 5.10 Å². The summed E-state index contributed by atoms with van der Waals surface area (Å²) < 4.78 is 1.33. The molecule has 7 heteroatoms. The van der Waals surface area contributed by atoms with Crippen molar-refractivity contribution in [1.82, 2.24) is 24.6 Å². The first-order chi connectivity index (χ1) is 5.79. The molecule has 0 bridgehead atoms. The quantitative estimate of drug-likeness (QED) is 0.502. The third-order valence-electron chi connectivity index (χ3n) is 0.932. The zero-order chi connectivity index (χ0) is 8.81. The number of nitrogen functional groups attached to an aromatic ring is 1. The molecule has 0 saturated carbocycles. The van der Waals surface area contributed by atoms with Gasteiger partial charge in [-0.05, 0) is 18.9 Å². The molecule has 0 spiro atoms. The van der Waals surface area contributed by atoms with E-state index in [1.807, 2.05) is 0 Å². The number of rotatable bonds is 0. The van der Waals surface area contributed by atoms with Crippen molar-refractivity contribution in [2.75, 3.05) is 5.73 Å². The van der Waals surface area contributed by atoms with Gasteiger partial charge in [0, 0.05) is 0 Å². The Morgan fingerprint density at radius 2 is 2.33 bits per heavy atom. The van der Waals surface area contributed by atoms with E-state index in [0.29, 0.717) is 5.82 Å². The molecule has 0 unspecified atom stereocenters. The van der Waals surface area contributed by atoms with Gasteiger partial charge in [0.05, 0.1) is 18.6 Å². The fraction of sp³-hybridized carbons (Fsp3) is 0. The Morgan fingerprint density at radius 3 is 2.50 bits per heavy atom. The van der Waals surface area contributed by atoms with E-state index in [1.165, 1.54) is 4.09 Å². The van der Waals surface area contributed by atoms with Crippen LogP contribution in [0.4, 0.5) is 5.82 Å². The van der Waals surface area contributed by atoms with Crippen LogP contribution in [0.3, 0.4) is 0 Å². The zero-order valence-electron chi connectivity index (χ0n) is 6.12. The monoisotopic (exact) mass is 184 g/mol. The fourth-order valence-corrected chi connectivity index (χ4v) is 0.574. The van der Waals surface area contributed by atoms with Gasteiger partial charge < -0.3 is 5.73 Å². The highest BCUT2D eigenvalue weighted by Crippen LogP contribution is 1.86. The first-order valence-electron chi connectivity index (χ1n) is 3.09. The van der Waals surface area contributed by atoms with Crippen LogP contribution in [0.5, 0.6) is 0 Å². The first kappa shape index (κ1) is 8.60. The van der Waals surface area contributed by atoms with Crippen molar-refractivity contribution in [3.8, 4) is 0 Å². The molecule has 3 N–H and O–H groups in total. The van der Waals surface area contributed by atoms with Crippen molar-refractivity contribution < 1.29 is 0 Å². The van der Waals surface area contributed by atoms with E-state index in [2.05, 4.69) is 33.3 Å². The van der Waals surface area contributed by atoms with E-state index < -0.39 is 0 Å². The Kier molecular flexibility index (Phi) is 3.15.